The van der Waals surface area contributed by atoms with Crippen LogP contribution in [0.1, 0.15) is 6.42 Å². The van der Waals surface area contributed by atoms with Gasteiger partial charge in [-0.15, -0.1) is 11.8 Å². The molecule has 1 aromatic carbocycles. The van der Waals surface area contributed by atoms with Gasteiger partial charge >= 0.3 is 0 Å². The molecule has 0 aromatic heterocycles. The van der Waals surface area contributed by atoms with E-state index in [2.05, 4.69) is 25.1 Å². The molecule has 17 heavy (non-hydrogen) atoms. The summed E-state index contributed by atoms with van der Waals surface area (Å²) < 4.78 is 0. The van der Waals surface area contributed by atoms with Gasteiger partial charge in [-0.3, -0.25) is 4.79 Å². The molecule has 1 aliphatic heterocycles. The molecule has 2 rings (SSSR count). The fraction of sp³-hybridized carbons (Fsp3) is 0.462. The third-order valence-corrected chi connectivity index (χ3v) is 3.84. The first-order valence-electron chi connectivity index (χ1n) is 5.85. The van der Waals surface area contributed by atoms with Gasteiger partial charge in [0.05, 0.1) is 11.4 Å². The van der Waals surface area contributed by atoms with Gasteiger partial charge in [0.2, 0.25) is 5.91 Å². The second-order valence-corrected chi connectivity index (χ2v) is 5.48. The van der Waals surface area contributed by atoms with Crippen LogP contribution in [-0.4, -0.2) is 43.7 Å². The van der Waals surface area contributed by atoms with Crippen molar-refractivity contribution in [3.63, 3.8) is 0 Å². The van der Waals surface area contributed by atoms with Gasteiger partial charge in [0.25, 0.3) is 0 Å². The topological polar surface area (TPSA) is 23.6 Å². The molecule has 1 heterocycles. The molecule has 4 heteroatoms. The number of anilines is 1. The first-order chi connectivity index (χ1) is 8.18. The van der Waals surface area contributed by atoms with Crippen molar-refractivity contribution in [2.24, 2.45) is 0 Å². The largest absolute Gasteiger partial charge is 0.311 e. The van der Waals surface area contributed by atoms with Crippen molar-refractivity contribution in [3.8, 4) is 0 Å². The zero-order valence-corrected chi connectivity index (χ0v) is 11.2. The number of thioether (sulfide) groups is 1. The number of amides is 1. The summed E-state index contributed by atoms with van der Waals surface area (Å²) in [7, 11) is 4.11. The number of para-hydroxylation sites is 1. The van der Waals surface area contributed by atoms with Crippen LogP contribution in [-0.2, 0) is 4.79 Å². The van der Waals surface area contributed by atoms with Crippen LogP contribution in [0.15, 0.2) is 29.2 Å². The van der Waals surface area contributed by atoms with Crippen molar-refractivity contribution in [1.82, 2.24) is 4.90 Å². The summed E-state index contributed by atoms with van der Waals surface area (Å²) in [4.78, 5) is 17.2. The van der Waals surface area contributed by atoms with E-state index in [1.54, 1.807) is 11.8 Å². The zero-order valence-electron chi connectivity index (χ0n) is 10.3. The molecule has 0 atom stereocenters. The van der Waals surface area contributed by atoms with E-state index in [-0.39, 0.29) is 5.91 Å². The van der Waals surface area contributed by atoms with Crippen LogP contribution in [0.5, 0.6) is 0 Å². The van der Waals surface area contributed by atoms with Crippen LogP contribution in [0, 0.1) is 0 Å². The van der Waals surface area contributed by atoms with Crippen molar-refractivity contribution in [3.05, 3.63) is 24.3 Å². The number of rotatable bonds is 4. The van der Waals surface area contributed by atoms with Gasteiger partial charge in [0, 0.05) is 11.4 Å². The highest BCUT2D eigenvalue weighted by molar-refractivity contribution is 8.00. The van der Waals surface area contributed by atoms with Gasteiger partial charge in [-0.1, -0.05) is 12.1 Å². The van der Waals surface area contributed by atoms with Crippen LogP contribution in [0.3, 0.4) is 0 Å². The Morgan fingerprint density at radius 1 is 1.35 bits per heavy atom. The predicted molar refractivity (Wildman–Crippen MR) is 72.7 cm³/mol. The fourth-order valence-corrected chi connectivity index (χ4v) is 2.88. The molecule has 0 N–H and O–H groups in total. The van der Waals surface area contributed by atoms with E-state index in [1.807, 2.05) is 23.1 Å². The minimum Gasteiger partial charge on any atom is -0.311 e. The van der Waals surface area contributed by atoms with Gasteiger partial charge in [0.1, 0.15) is 0 Å². The lowest BCUT2D eigenvalue weighted by Gasteiger charge is -2.29. The quantitative estimate of drug-likeness (QED) is 0.817. The number of carbonyl (C=O) groups is 1. The number of fused-ring (bicyclic) bond motifs is 1. The molecule has 0 radical (unpaired) electrons. The van der Waals surface area contributed by atoms with Crippen LogP contribution < -0.4 is 4.90 Å². The Kier molecular flexibility index (Phi) is 4.07. The van der Waals surface area contributed by atoms with E-state index in [0.29, 0.717) is 5.75 Å². The van der Waals surface area contributed by atoms with Gasteiger partial charge in [-0.25, -0.2) is 0 Å². The van der Waals surface area contributed by atoms with Gasteiger partial charge in [0.15, 0.2) is 0 Å². The highest BCUT2D eigenvalue weighted by Crippen LogP contribution is 2.34. The second-order valence-electron chi connectivity index (χ2n) is 4.46. The molecule has 0 saturated carbocycles. The summed E-state index contributed by atoms with van der Waals surface area (Å²) in [5.41, 5.74) is 1.08. The van der Waals surface area contributed by atoms with E-state index >= 15 is 0 Å². The highest BCUT2D eigenvalue weighted by atomic mass is 32.2. The fourth-order valence-electron chi connectivity index (χ4n) is 1.94. The Labute approximate surface area is 107 Å². The van der Waals surface area contributed by atoms with Gasteiger partial charge in [-0.05, 0) is 39.2 Å². The maximum Gasteiger partial charge on any atom is 0.237 e. The van der Waals surface area contributed by atoms with E-state index in [4.69, 9.17) is 0 Å². The molecule has 0 unspecified atom stereocenters. The molecule has 0 saturated heterocycles. The van der Waals surface area contributed by atoms with Crippen molar-refractivity contribution in [2.75, 3.05) is 37.8 Å². The van der Waals surface area contributed by atoms with Crippen molar-refractivity contribution < 1.29 is 4.79 Å². The summed E-state index contributed by atoms with van der Waals surface area (Å²) in [5, 5.41) is 0. The molecule has 0 bridgehead atoms. The molecule has 0 spiro atoms. The second kappa shape index (κ2) is 5.56. The minimum atomic E-state index is 0.229. The summed E-state index contributed by atoms with van der Waals surface area (Å²) in [6, 6.07) is 8.15. The monoisotopic (exact) mass is 250 g/mol. The lowest BCUT2D eigenvalue weighted by Crippen LogP contribution is -2.37. The Bertz CT molecular complexity index is 406. The smallest absolute Gasteiger partial charge is 0.237 e. The van der Waals surface area contributed by atoms with Crippen molar-refractivity contribution in [1.29, 1.82) is 0 Å². The minimum absolute atomic E-state index is 0.229. The van der Waals surface area contributed by atoms with E-state index in [0.717, 1.165) is 25.2 Å². The van der Waals surface area contributed by atoms with E-state index < -0.39 is 0 Å². The Morgan fingerprint density at radius 2 is 2.12 bits per heavy atom. The standard InChI is InChI=1S/C13H18N2OS/c1-14(2)8-5-9-15-11-6-3-4-7-12(11)17-10-13(15)16/h3-4,6-7H,5,8-10H2,1-2H3. The first kappa shape index (κ1) is 12.5. The van der Waals surface area contributed by atoms with Gasteiger partial charge < -0.3 is 9.80 Å². The molecule has 0 fully saturated rings. The number of benzene rings is 1. The first-order valence-corrected chi connectivity index (χ1v) is 6.84. The average Bonchev–Trinajstić information content (AvgIpc) is 2.32. The molecular formula is C13H18N2OS. The van der Waals surface area contributed by atoms with Crippen LogP contribution >= 0.6 is 11.8 Å². The van der Waals surface area contributed by atoms with E-state index in [9.17, 15) is 4.79 Å². The predicted octanol–water partition coefficient (Wildman–Crippen LogP) is 2.08. The van der Waals surface area contributed by atoms with Gasteiger partial charge in [-0.2, -0.15) is 0 Å². The molecule has 92 valence electrons. The van der Waals surface area contributed by atoms with Crippen molar-refractivity contribution >= 4 is 23.4 Å². The lowest BCUT2D eigenvalue weighted by molar-refractivity contribution is -0.116. The molecule has 1 aliphatic rings. The van der Waals surface area contributed by atoms with Crippen molar-refractivity contribution in [2.45, 2.75) is 11.3 Å². The normalized spacial score (nSPS) is 15.2. The highest BCUT2D eigenvalue weighted by Gasteiger charge is 2.23. The third-order valence-electron chi connectivity index (χ3n) is 2.80. The summed E-state index contributed by atoms with van der Waals surface area (Å²) in [6.45, 7) is 1.83. The zero-order chi connectivity index (χ0) is 12.3. The number of hydrogen-bond acceptors (Lipinski definition) is 3. The molecular weight excluding hydrogens is 232 g/mol. The molecule has 1 amide bonds. The maximum atomic E-state index is 11.9. The number of carbonyl (C=O) groups excluding carboxylic acids is 1. The average molecular weight is 250 g/mol. The Balaban J connectivity index is 2.07. The molecule has 1 aromatic rings. The third kappa shape index (κ3) is 3.01. The number of hydrogen-bond donors (Lipinski definition) is 0. The summed E-state index contributed by atoms with van der Waals surface area (Å²) in [5.74, 6) is 0.798. The lowest BCUT2D eigenvalue weighted by atomic mass is 10.2. The SMILES string of the molecule is CN(C)CCCN1C(=O)CSc2ccccc21. The van der Waals surface area contributed by atoms with Crippen LogP contribution in [0.2, 0.25) is 0 Å². The molecule has 0 aliphatic carbocycles. The summed E-state index contributed by atoms with van der Waals surface area (Å²) in [6.07, 6.45) is 1.01. The summed E-state index contributed by atoms with van der Waals surface area (Å²) >= 11 is 1.64. The maximum absolute atomic E-state index is 11.9. The van der Waals surface area contributed by atoms with Crippen LogP contribution in [0.4, 0.5) is 5.69 Å². The number of nitrogens with zero attached hydrogens (tertiary/aromatic N) is 2. The molecule has 3 nitrogen and oxygen atoms in total. The van der Waals surface area contributed by atoms with E-state index in [1.165, 1.54) is 4.90 Å². The van der Waals surface area contributed by atoms with Crippen LogP contribution in [0.25, 0.3) is 0 Å². The Hall–Kier alpha value is -1.00. The Morgan fingerprint density at radius 3 is 2.88 bits per heavy atom.